The Kier molecular flexibility index (Phi) is 2.89. The highest BCUT2D eigenvalue weighted by molar-refractivity contribution is 6.39. The van der Waals surface area contributed by atoms with Crippen LogP contribution in [0, 0.1) is 0 Å². The number of rotatable bonds is 2. The van der Waals surface area contributed by atoms with Gasteiger partial charge in [-0.25, -0.2) is 4.79 Å². The van der Waals surface area contributed by atoms with E-state index in [9.17, 15) is 4.79 Å². The number of hydrogen-bond acceptors (Lipinski definition) is 4. The Bertz CT molecular complexity index is 553. The van der Waals surface area contributed by atoms with Crippen molar-refractivity contribution in [3.8, 4) is 17.1 Å². The van der Waals surface area contributed by atoms with Crippen LogP contribution in [-0.2, 0) is 0 Å². The average Bonchev–Trinajstić information content (AvgIpc) is 2.63. The van der Waals surface area contributed by atoms with Gasteiger partial charge in [-0.2, -0.15) is 0 Å². The number of aromatic nitrogens is 2. The number of nitrogens with zero attached hydrogens (tertiary/aromatic N) is 1. The van der Waals surface area contributed by atoms with E-state index in [0.717, 1.165) is 0 Å². The third kappa shape index (κ3) is 1.91. The molecule has 7 heteroatoms. The first-order valence-electron chi connectivity index (χ1n) is 4.21. The monoisotopic (exact) mass is 260 g/mol. The van der Waals surface area contributed by atoms with Crippen molar-refractivity contribution in [2.24, 2.45) is 0 Å². The Balaban J connectivity index is 2.61. The molecule has 0 bridgehead atoms. The zero-order chi connectivity index (χ0) is 11.7. The number of hydrogen-bond donors (Lipinski definition) is 1. The van der Waals surface area contributed by atoms with Crippen molar-refractivity contribution < 1.29 is 9.26 Å². The highest BCUT2D eigenvalue weighted by atomic mass is 35.5. The van der Waals surface area contributed by atoms with Crippen molar-refractivity contribution in [1.29, 1.82) is 0 Å². The van der Waals surface area contributed by atoms with Crippen LogP contribution < -0.4 is 10.5 Å². The van der Waals surface area contributed by atoms with Crippen LogP contribution in [0.1, 0.15) is 0 Å². The molecule has 16 heavy (non-hydrogen) atoms. The third-order valence-corrected chi connectivity index (χ3v) is 2.52. The first kappa shape index (κ1) is 11.0. The lowest BCUT2D eigenvalue weighted by molar-refractivity contribution is 0.388. The van der Waals surface area contributed by atoms with Gasteiger partial charge in [0.1, 0.15) is 5.75 Å². The summed E-state index contributed by atoms with van der Waals surface area (Å²) < 4.78 is 9.36. The van der Waals surface area contributed by atoms with Crippen molar-refractivity contribution in [2.75, 3.05) is 7.11 Å². The number of H-pyrrole nitrogens is 1. The first-order chi connectivity index (χ1) is 7.61. The molecule has 0 spiro atoms. The predicted octanol–water partition coefficient (Wildman–Crippen LogP) is 2.35. The summed E-state index contributed by atoms with van der Waals surface area (Å²) in [5.74, 6) is 0.0326. The van der Waals surface area contributed by atoms with Gasteiger partial charge >= 0.3 is 5.76 Å². The lowest BCUT2D eigenvalue weighted by atomic mass is 10.2. The molecule has 5 nitrogen and oxygen atoms in total. The fourth-order valence-electron chi connectivity index (χ4n) is 1.23. The van der Waals surface area contributed by atoms with E-state index < -0.39 is 5.76 Å². The van der Waals surface area contributed by atoms with Crippen molar-refractivity contribution in [1.82, 2.24) is 10.1 Å². The van der Waals surface area contributed by atoms with Crippen LogP contribution >= 0.6 is 23.2 Å². The predicted molar refractivity (Wildman–Crippen MR) is 59.1 cm³/mol. The highest BCUT2D eigenvalue weighted by Crippen LogP contribution is 2.35. The van der Waals surface area contributed by atoms with Gasteiger partial charge in [0.2, 0.25) is 0 Å². The first-order valence-corrected chi connectivity index (χ1v) is 4.97. The van der Waals surface area contributed by atoms with Gasteiger partial charge in [-0.15, -0.1) is 0 Å². The van der Waals surface area contributed by atoms with Crippen molar-refractivity contribution >= 4 is 23.2 Å². The van der Waals surface area contributed by atoms with Crippen LogP contribution in [-0.4, -0.2) is 17.3 Å². The lowest BCUT2D eigenvalue weighted by Gasteiger charge is -2.06. The largest absolute Gasteiger partial charge is 0.497 e. The molecule has 84 valence electrons. The molecule has 1 heterocycles. The highest BCUT2D eigenvalue weighted by Gasteiger charge is 2.14. The van der Waals surface area contributed by atoms with E-state index in [0.29, 0.717) is 21.4 Å². The molecular formula is C9H6Cl2N2O3. The number of aromatic amines is 1. The van der Waals surface area contributed by atoms with E-state index in [4.69, 9.17) is 27.9 Å². The molecule has 0 saturated heterocycles. The minimum absolute atomic E-state index is 0.183. The van der Waals surface area contributed by atoms with Gasteiger partial charge in [0.05, 0.1) is 22.7 Å². The summed E-state index contributed by atoms with van der Waals surface area (Å²) in [4.78, 5) is 13.2. The molecule has 0 aliphatic heterocycles. The Morgan fingerprint density at radius 2 is 2.00 bits per heavy atom. The topological polar surface area (TPSA) is 68.1 Å². The average molecular weight is 261 g/mol. The zero-order valence-corrected chi connectivity index (χ0v) is 9.59. The molecule has 1 N–H and O–H groups in total. The fourth-order valence-corrected chi connectivity index (χ4v) is 1.88. The van der Waals surface area contributed by atoms with Crippen LogP contribution in [0.4, 0.5) is 0 Å². The van der Waals surface area contributed by atoms with E-state index in [-0.39, 0.29) is 5.82 Å². The van der Waals surface area contributed by atoms with Gasteiger partial charge in [-0.05, 0) is 12.1 Å². The number of benzene rings is 1. The molecule has 0 aliphatic rings. The summed E-state index contributed by atoms with van der Waals surface area (Å²) in [6.45, 7) is 0. The Labute approximate surface area is 99.9 Å². The van der Waals surface area contributed by atoms with Crippen molar-refractivity contribution in [3.05, 3.63) is 32.7 Å². The van der Waals surface area contributed by atoms with E-state index in [1.165, 1.54) is 7.11 Å². The van der Waals surface area contributed by atoms with E-state index in [1.54, 1.807) is 12.1 Å². The van der Waals surface area contributed by atoms with Crippen molar-refractivity contribution in [2.45, 2.75) is 0 Å². The summed E-state index contributed by atoms with van der Waals surface area (Å²) in [5, 5.41) is 4.14. The molecule has 0 atom stereocenters. The number of ether oxygens (including phenoxy) is 1. The second kappa shape index (κ2) is 4.19. The number of halogens is 2. The molecule has 0 saturated carbocycles. The van der Waals surface area contributed by atoms with Gasteiger partial charge in [-0.3, -0.25) is 9.51 Å². The number of nitrogens with one attached hydrogen (secondary N) is 1. The van der Waals surface area contributed by atoms with Gasteiger partial charge in [0, 0.05) is 0 Å². The molecule has 0 aliphatic carbocycles. The molecular weight excluding hydrogens is 255 g/mol. The summed E-state index contributed by atoms with van der Waals surface area (Å²) in [6.07, 6.45) is 0. The smallest absolute Gasteiger partial charge is 0.439 e. The van der Waals surface area contributed by atoms with Crippen LogP contribution in [0.3, 0.4) is 0 Å². The minimum Gasteiger partial charge on any atom is -0.497 e. The van der Waals surface area contributed by atoms with Crippen LogP contribution in [0.2, 0.25) is 10.0 Å². The van der Waals surface area contributed by atoms with Gasteiger partial charge in [0.25, 0.3) is 0 Å². The number of methoxy groups -OCH3 is 1. The molecule has 1 aromatic heterocycles. The molecule has 2 aromatic rings. The Morgan fingerprint density at radius 3 is 2.44 bits per heavy atom. The van der Waals surface area contributed by atoms with Gasteiger partial charge < -0.3 is 4.74 Å². The molecule has 1 aromatic carbocycles. The van der Waals surface area contributed by atoms with Crippen LogP contribution in [0.15, 0.2) is 21.5 Å². The maximum Gasteiger partial charge on any atom is 0.439 e. The standard InChI is InChI=1S/C9H6Cl2N2O3/c1-15-4-2-5(10)7(6(11)3-4)8-12-9(14)16-13-8/h2-3H,1H3,(H,12,13,14). The van der Waals surface area contributed by atoms with E-state index in [1.807, 2.05) is 0 Å². The summed E-state index contributed by atoms with van der Waals surface area (Å²) in [6, 6.07) is 3.13. The minimum atomic E-state index is -0.669. The molecule has 2 rings (SSSR count). The van der Waals surface area contributed by atoms with Crippen LogP contribution in [0.5, 0.6) is 5.75 Å². The fraction of sp³-hybridized carbons (Fsp3) is 0.111. The normalized spacial score (nSPS) is 10.4. The second-order valence-corrected chi connectivity index (χ2v) is 3.72. The van der Waals surface area contributed by atoms with Gasteiger partial charge in [0.15, 0.2) is 5.82 Å². The second-order valence-electron chi connectivity index (χ2n) is 2.91. The Morgan fingerprint density at radius 1 is 1.38 bits per heavy atom. The molecule has 0 amide bonds. The molecule has 0 fully saturated rings. The SMILES string of the molecule is COc1cc(Cl)c(-c2noc(=O)[nH]2)c(Cl)c1. The third-order valence-electron chi connectivity index (χ3n) is 1.93. The Hall–Kier alpha value is -1.46. The summed E-state index contributed by atoms with van der Waals surface area (Å²) in [5.41, 5.74) is 0.398. The van der Waals surface area contributed by atoms with Crippen LogP contribution in [0.25, 0.3) is 11.4 Å². The summed E-state index contributed by atoms with van der Waals surface area (Å²) >= 11 is 12.0. The van der Waals surface area contributed by atoms with Gasteiger partial charge in [-0.1, -0.05) is 28.4 Å². The summed E-state index contributed by atoms with van der Waals surface area (Å²) in [7, 11) is 1.50. The van der Waals surface area contributed by atoms with Crippen molar-refractivity contribution in [3.63, 3.8) is 0 Å². The maximum absolute atomic E-state index is 10.8. The van der Waals surface area contributed by atoms with E-state index >= 15 is 0 Å². The molecule has 0 unspecified atom stereocenters. The van der Waals surface area contributed by atoms with E-state index in [2.05, 4.69) is 14.7 Å². The quantitative estimate of drug-likeness (QED) is 0.900. The lowest BCUT2D eigenvalue weighted by Crippen LogP contribution is -1.95. The maximum atomic E-state index is 10.8. The molecule has 0 radical (unpaired) electrons. The zero-order valence-electron chi connectivity index (χ0n) is 8.08.